The highest BCUT2D eigenvalue weighted by Crippen LogP contribution is 2.38. The summed E-state index contributed by atoms with van der Waals surface area (Å²) in [5, 5.41) is 4.22. The Hall–Kier alpha value is -2.09. The van der Waals surface area contributed by atoms with E-state index in [2.05, 4.69) is 21.2 Å². The van der Waals surface area contributed by atoms with E-state index in [0.29, 0.717) is 38.4 Å². The Balaban J connectivity index is 1.55. The molecule has 5 nitrogen and oxygen atoms in total. The van der Waals surface area contributed by atoms with E-state index in [1.807, 2.05) is 36.4 Å². The van der Waals surface area contributed by atoms with Crippen molar-refractivity contribution in [1.29, 1.82) is 0 Å². The highest BCUT2D eigenvalue weighted by molar-refractivity contribution is 9.10. The first-order valence-corrected chi connectivity index (χ1v) is 12.2. The van der Waals surface area contributed by atoms with Gasteiger partial charge in [0, 0.05) is 16.6 Å². The lowest BCUT2D eigenvalue weighted by Gasteiger charge is -2.29. The molecular weight excluding hydrogens is 512 g/mol. The van der Waals surface area contributed by atoms with Crippen LogP contribution < -0.4 is 14.8 Å². The smallest absolute Gasteiger partial charge is 0.276 e. The summed E-state index contributed by atoms with van der Waals surface area (Å²) < 4.78 is 12.3. The molecule has 1 heterocycles. The van der Waals surface area contributed by atoms with E-state index in [9.17, 15) is 4.79 Å². The number of ether oxygens (including phenoxy) is 2. The maximum atomic E-state index is 13.0. The average molecular weight is 536 g/mol. The molecule has 0 unspecified atom stereocenters. The van der Waals surface area contributed by atoms with E-state index < -0.39 is 0 Å². The van der Waals surface area contributed by atoms with Crippen molar-refractivity contribution in [2.45, 2.75) is 44.8 Å². The number of rotatable bonds is 6. The lowest BCUT2D eigenvalue weighted by molar-refractivity contribution is -0.124. The van der Waals surface area contributed by atoms with Gasteiger partial charge in [0.15, 0.2) is 16.6 Å². The van der Waals surface area contributed by atoms with Crippen molar-refractivity contribution < 1.29 is 14.3 Å². The van der Waals surface area contributed by atoms with E-state index in [-0.39, 0.29) is 11.9 Å². The van der Waals surface area contributed by atoms with Crippen LogP contribution in [0.5, 0.6) is 11.5 Å². The summed E-state index contributed by atoms with van der Waals surface area (Å²) in [5.41, 5.74) is 2.15. The first kappa shape index (κ1) is 23.1. The molecule has 1 saturated heterocycles. The van der Waals surface area contributed by atoms with Gasteiger partial charge in [-0.05, 0) is 70.8 Å². The summed E-state index contributed by atoms with van der Waals surface area (Å²) in [6.07, 6.45) is 7.28. The van der Waals surface area contributed by atoms with Gasteiger partial charge in [-0.2, -0.15) is 0 Å². The number of halogens is 2. The number of amides is 1. The number of hydrogen-bond acceptors (Lipinski definition) is 4. The van der Waals surface area contributed by atoms with Crippen LogP contribution in [-0.4, -0.2) is 29.1 Å². The molecule has 2 aromatic carbocycles. The number of carbonyl (C=O) groups is 1. The summed E-state index contributed by atoms with van der Waals surface area (Å²) in [6, 6.07) is 11.4. The molecule has 1 amide bonds. The Morgan fingerprint density at radius 3 is 2.72 bits per heavy atom. The normalized spacial score (nSPS) is 18.2. The third-order valence-electron chi connectivity index (χ3n) is 5.74. The van der Waals surface area contributed by atoms with Crippen LogP contribution in [0.3, 0.4) is 0 Å². The minimum absolute atomic E-state index is 0.0731. The molecule has 32 heavy (non-hydrogen) atoms. The molecule has 8 heteroatoms. The van der Waals surface area contributed by atoms with Crippen molar-refractivity contribution in [3.63, 3.8) is 0 Å². The molecule has 2 aliphatic rings. The molecule has 1 N–H and O–H groups in total. The second kappa shape index (κ2) is 10.2. The van der Waals surface area contributed by atoms with E-state index in [1.165, 1.54) is 6.42 Å². The summed E-state index contributed by atoms with van der Waals surface area (Å²) in [4.78, 5) is 14.8. The number of methoxy groups -OCH3 is 1. The molecular formula is C24H24BrClN2O3S. The molecule has 1 aliphatic heterocycles. The SMILES string of the molecule is COc1cc(/C=C2\NC(=S)N(C3CCCCC3)C2=O)cc(Br)c1OCc1ccccc1Cl. The molecule has 1 saturated carbocycles. The Kier molecular flexibility index (Phi) is 7.38. The molecule has 1 aliphatic carbocycles. The number of benzene rings is 2. The zero-order valence-electron chi connectivity index (χ0n) is 17.7. The molecule has 0 bridgehead atoms. The van der Waals surface area contributed by atoms with Gasteiger partial charge in [-0.3, -0.25) is 9.69 Å². The third-order valence-corrected chi connectivity index (χ3v) is 7.00. The maximum absolute atomic E-state index is 13.0. The molecule has 2 aromatic rings. The third kappa shape index (κ3) is 4.95. The molecule has 4 rings (SSSR count). The van der Waals surface area contributed by atoms with Gasteiger partial charge >= 0.3 is 0 Å². The molecule has 2 fully saturated rings. The van der Waals surface area contributed by atoms with Gasteiger partial charge in [-0.25, -0.2) is 0 Å². The Morgan fingerprint density at radius 1 is 1.25 bits per heavy atom. The lowest BCUT2D eigenvalue weighted by Crippen LogP contribution is -2.41. The monoisotopic (exact) mass is 534 g/mol. The second-order valence-corrected chi connectivity index (χ2v) is 9.52. The summed E-state index contributed by atoms with van der Waals surface area (Å²) in [7, 11) is 1.58. The fourth-order valence-corrected chi connectivity index (χ4v) is 5.22. The zero-order chi connectivity index (χ0) is 22.7. The van der Waals surface area contributed by atoms with Crippen molar-refractivity contribution in [2.24, 2.45) is 0 Å². The Bertz CT molecular complexity index is 1070. The quantitative estimate of drug-likeness (QED) is 0.359. The Labute approximate surface area is 206 Å². The maximum Gasteiger partial charge on any atom is 0.276 e. The van der Waals surface area contributed by atoms with Gasteiger partial charge in [0.2, 0.25) is 0 Å². The van der Waals surface area contributed by atoms with Crippen LogP contribution in [0.15, 0.2) is 46.6 Å². The number of hydrogen-bond donors (Lipinski definition) is 1. The van der Waals surface area contributed by atoms with E-state index in [1.54, 1.807) is 18.1 Å². The van der Waals surface area contributed by atoms with Crippen LogP contribution in [0.1, 0.15) is 43.2 Å². The second-order valence-electron chi connectivity index (χ2n) is 7.87. The molecule has 0 radical (unpaired) electrons. The van der Waals surface area contributed by atoms with Crippen LogP contribution in [0.4, 0.5) is 0 Å². The van der Waals surface area contributed by atoms with Crippen LogP contribution in [0, 0.1) is 0 Å². The fourth-order valence-electron chi connectivity index (χ4n) is 4.11. The zero-order valence-corrected chi connectivity index (χ0v) is 20.9. The minimum Gasteiger partial charge on any atom is -0.493 e. The minimum atomic E-state index is -0.0731. The van der Waals surface area contributed by atoms with Crippen molar-refractivity contribution in [3.05, 3.63) is 62.7 Å². The van der Waals surface area contributed by atoms with E-state index >= 15 is 0 Å². The Morgan fingerprint density at radius 2 is 2.00 bits per heavy atom. The lowest BCUT2D eigenvalue weighted by atomic mass is 9.94. The molecule has 0 atom stereocenters. The number of nitrogens with zero attached hydrogens (tertiary/aromatic N) is 1. The number of carbonyl (C=O) groups excluding carboxylic acids is 1. The predicted octanol–water partition coefficient (Wildman–Crippen LogP) is 6.08. The molecule has 168 valence electrons. The molecule has 0 aromatic heterocycles. The van der Waals surface area contributed by atoms with Gasteiger partial charge < -0.3 is 14.8 Å². The number of nitrogens with one attached hydrogen (secondary N) is 1. The fraction of sp³-hybridized carbons (Fsp3) is 0.333. The topological polar surface area (TPSA) is 50.8 Å². The summed E-state index contributed by atoms with van der Waals surface area (Å²) in [5.74, 6) is 1.05. The van der Waals surface area contributed by atoms with Gasteiger partial charge in [0.1, 0.15) is 12.3 Å². The highest BCUT2D eigenvalue weighted by Gasteiger charge is 2.36. The van der Waals surface area contributed by atoms with E-state index in [4.69, 9.17) is 33.3 Å². The van der Waals surface area contributed by atoms with Crippen molar-refractivity contribution in [1.82, 2.24) is 10.2 Å². The summed E-state index contributed by atoms with van der Waals surface area (Å²) in [6.45, 7) is 0.305. The largest absolute Gasteiger partial charge is 0.493 e. The van der Waals surface area contributed by atoms with Gasteiger partial charge in [-0.15, -0.1) is 0 Å². The van der Waals surface area contributed by atoms with Gasteiger partial charge in [0.25, 0.3) is 5.91 Å². The average Bonchev–Trinajstić information content (AvgIpc) is 3.07. The molecule has 0 spiro atoms. The van der Waals surface area contributed by atoms with Crippen LogP contribution >= 0.6 is 39.7 Å². The summed E-state index contributed by atoms with van der Waals surface area (Å²) >= 11 is 15.3. The van der Waals surface area contributed by atoms with Crippen molar-refractivity contribution >= 4 is 56.8 Å². The van der Waals surface area contributed by atoms with Crippen molar-refractivity contribution in [3.8, 4) is 11.5 Å². The first-order chi connectivity index (χ1) is 15.5. The van der Waals surface area contributed by atoms with Crippen LogP contribution in [0.2, 0.25) is 5.02 Å². The predicted molar refractivity (Wildman–Crippen MR) is 134 cm³/mol. The van der Waals surface area contributed by atoms with E-state index in [0.717, 1.165) is 36.8 Å². The first-order valence-electron chi connectivity index (χ1n) is 10.6. The highest BCUT2D eigenvalue weighted by atomic mass is 79.9. The van der Waals surface area contributed by atoms with Crippen LogP contribution in [0.25, 0.3) is 6.08 Å². The van der Waals surface area contributed by atoms with Gasteiger partial charge in [0.05, 0.1) is 11.6 Å². The van der Waals surface area contributed by atoms with Crippen LogP contribution in [-0.2, 0) is 11.4 Å². The number of thiocarbonyl (C=S) groups is 1. The van der Waals surface area contributed by atoms with Crippen molar-refractivity contribution in [2.75, 3.05) is 7.11 Å². The van der Waals surface area contributed by atoms with Gasteiger partial charge in [-0.1, -0.05) is 49.1 Å². The standard InChI is InChI=1S/C24H24BrClN2O3S/c1-30-21-13-15(11-18(25)22(21)31-14-16-7-5-6-10-19(16)26)12-20-23(29)28(24(32)27-20)17-8-3-2-4-9-17/h5-7,10-13,17H,2-4,8-9,14H2,1H3,(H,27,32)/b20-12-.